The van der Waals surface area contributed by atoms with Crippen LogP contribution in [0.5, 0.6) is 0 Å². The summed E-state index contributed by atoms with van der Waals surface area (Å²) >= 11 is 4.46. The van der Waals surface area contributed by atoms with Gasteiger partial charge in [-0.1, -0.05) is 46.3 Å². The Morgan fingerprint density at radius 1 is 1.09 bits per heavy atom. The molecule has 3 aromatic rings. The third-order valence-electron chi connectivity index (χ3n) is 5.27. The van der Waals surface area contributed by atoms with Crippen molar-refractivity contribution in [2.75, 3.05) is 18.5 Å². The van der Waals surface area contributed by atoms with Gasteiger partial charge in [0.25, 0.3) is 15.9 Å². The molecule has 172 valence electrons. The Morgan fingerprint density at radius 3 is 2.58 bits per heavy atom. The first-order valence-corrected chi connectivity index (χ1v) is 13.3. The lowest BCUT2D eigenvalue weighted by Crippen LogP contribution is -2.41. The maximum atomic E-state index is 13.3. The number of benzene rings is 2. The van der Waals surface area contributed by atoms with Crippen molar-refractivity contribution < 1.29 is 22.7 Å². The van der Waals surface area contributed by atoms with E-state index in [9.17, 15) is 18.0 Å². The molecule has 2 heterocycles. The van der Waals surface area contributed by atoms with Crippen molar-refractivity contribution in [1.82, 2.24) is 4.31 Å². The summed E-state index contributed by atoms with van der Waals surface area (Å²) in [6, 6.07) is 17.0. The minimum absolute atomic E-state index is 0.187. The van der Waals surface area contributed by atoms with E-state index in [1.807, 2.05) is 24.3 Å². The number of carbonyl (C=O) groups is 2. The highest BCUT2D eigenvalue weighted by atomic mass is 79.9. The molecule has 1 N–H and O–H groups in total. The maximum absolute atomic E-state index is 13.3. The van der Waals surface area contributed by atoms with Crippen LogP contribution in [0.3, 0.4) is 0 Å². The standard InChI is InChI=1S/C23H21BrN2O5S2/c24-17-7-9-18(10-8-17)25-21(27)15-31-22(28)14-20-19-5-2-1-4-16(19)11-12-26(20)33(29,30)23-6-3-13-32-23/h1-10,13,20H,11-12,14-15H2,(H,25,27)/t20-/m1/s1. The number of rotatable bonds is 7. The summed E-state index contributed by atoms with van der Waals surface area (Å²) in [6.45, 7) is -0.194. The number of esters is 1. The van der Waals surface area contributed by atoms with Gasteiger partial charge < -0.3 is 10.1 Å². The number of nitrogens with one attached hydrogen (secondary N) is 1. The molecule has 10 heteroatoms. The topological polar surface area (TPSA) is 92.8 Å². The predicted molar refractivity (Wildman–Crippen MR) is 129 cm³/mol. The van der Waals surface area contributed by atoms with E-state index in [1.165, 1.54) is 4.31 Å². The molecule has 0 aliphatic carbocycles. The second kappa shape index (κ2) is 10.2. The lowest BCUT2D eigenvalue weighted by Gasteiger charge is -2.35. The fraction of sp³-hybridized carbons (Fsp3) is 0.217. The second-order valence-corrected chi connectivity index (χ2v) is 11.4. The molecule has 0 spiro atoms. The molecular weight excluding hydrogens is 528 g/mol. The van der Waals surface area contributed by atoms with Gasteiger partial charge in [0.15, 0.2) is 6.61 Å². The number of hydrogen-bond acceptors (Lipinski definition) is 6. The van der Waals surface area contributed by atoms with Crippen LogP contribution in [0.4, 0.5) is 5.69 Å². The Morgan fingerprint density at radius 2 is 1.85 bits per heavy atom. The number of halogens is 1. The summed E-state index contributed by atoms with van der Waals surface area (Å²) in [5.74, 6) is -1.12. The summed E-state index contributed by atoms with van der Waals surface area (Å²) in [5.41, 5.74) is 2.36. The van der Waals surface area contributed by atoms with Crippen LogP contribution in [-0.2, 0) is 30.8 Å². The van der Waals surface area contributed by atoms with Crippen molar-refractivity contribution in [1.29, 1.82) is 0 Å². The summed E-state index contributed by atoms with van der Waals surface area (Å²) < 4.78 is 34.2. The maximum Gasteiger partial charge on any atom is 0.308 e. The quantitative estimate of drug-likeness (QED) is 0.442. The normalized spacial score (nSPS) is 16.1. The number of fused-ring (bicyclic) bond motifs is 1. The van der Waals surface area contributed by atoms with Crippen LogP contribution in [0.15, 0.2) is 74.7 Å². The minimum atomic E-state index is -3.77. The van der Waals surface area contributed by atoms with E-state index >= 15 is 0 Å². The Hall–Kier alpha value is -2.53. The first-order valence-electron chi connectivity index (χ1n) is 10.2. The van der Waals surface area contributed by atoms with Crippen LogP contribution in [-0.4, -0.2) is 37.8 Å². The van der Waals surface area contributed by atoms with Gasteiger partial charge in [-0.25, -0.2) is 8.42 Å². The van der Waals surface area contributed by atoms with Gasteiger partial charge >= 0.3 is 5.97 Å². The molecule has 2 aromatic carbocycles. The van der Waals surface area contributed by atoms with Gasteiger partial charge in [-0.15, -0.1) is 11.3 Å². The van der Waals surface area contributed by atoms with Crippen molar-refractivity contribution in [3.8, 4) is 0 Å². The number of nitrogens with zero attached hydrogens (tertiary/aromatic N) is 1. The van der Waals surface area contributed by atoms with Gasteiger partial charge in [0.05, 0.1) is 12.5 Å². The second-order valence-electron chi connectivity index (χ2n) is 7.43. The molecule has 1 aliphatic heterocycles. The number of sulfonamides is 1. The van der Waals surface area contributed by atoms with Crippen LogP contribution in [0, 0.1) is 0 Å². The van der Waals surface area contributed by atoms with Crippen molar-refractivity contribution >= 4 is 54.9 Å². The summed E-state index contributed by atoms with van der Waals surface area (Å²) in [6.07, 6.45) is 0.370. The third kappa shape index (κ3) is 5.52. The Kier molecular flexibility index (Phi) is 7.28. The molecule has 1 amide bonds. The minimum Gasteiger partial charge on any atom is -0.456 e. The lowest BCUT2D eigenvalue weighted by atomic mass is 9.92. The molecule has 7 nitrogen and oxygen atoms in total. The van der Waals surface area contributed by atoms with Crippen molar-refractivity contribution in [3.05, 3.63) is 81.6 Å². The van der Waals surface area contributed by atoms with Gasteiger partial charge in [-0.05, 0) is 53.3 Å². The van der Waals surface area contributed by atoms with Crippen LogP contribution in [0.25, 0.3) is 0 Å². The van der Waals surface area contributed by atoms with Crippen molar-refractivity contribution in [3.63, 3.8) is 0 Å². The fourth-order valence-corrected chi connectivity index (χ4v) is 6.74. The zero-order chi connectivity index (χ0) is 23.4. The first-order chi connectivity index (χ1) is 15.8. The Balaban J connectivity index is 1.46. The molecule has 33 heavy (non-hydrogen) atoms. The van der Waals surface area contributed by atoms with Crippen LogP contribution in [0.1, 0.15) is 23.6 Å². The number of ether oxygens (including phenoxy) is 1. The largest absolute Gasteiger partial charge is 0.456 e. The molecule has 0 fully saturated rings. The van der Waals surface area contributed by atoms with Gasteiger partial charge in [0, 0.05) is 16.7 Å². The lowest BCUT2D eigenvalue weighted by molar-refractivity contribution is -0.148. The predicted octanol–water partition coefficient (Wildman–Crippen LogP) is 4.37. The van der Waals surface area contributed by atoms with E-state index in [4.69, 9.17) is 4.74 Å². The highest BCUT2D eigenvalue weighted by molar-refractivity contribution is 9.10. The van der Waals surface area contributed by atoms with Crippen molar-refractivity contribution in [2.45, 2.75) is 23.1 Å². The number of carbonyl (C=O) groups excluding carboxylic acids is 2. The monoisotopic (exact) mass is 548 g/mol. The molecule has 1 atom stereocenters. The smallest absolute Gasteiger partial charge is 0.308 e. The summed E-state index contributed by atoms with van der Waals surface area (Å²) in [7, 11) is -3.77. The van der Waals surface area contributed by atoms with E-state index in [2.05, 4.69) is 21.2 Å². The number of anilines is 1. The highest BCUT2D eigenvalue weighted by Crippen LogP contribution is 2.37. The van der Waals surface area contributed by atoms with Crippen LogP contribution < -0.4 is 5.32 Å². The van der Waals surface area contributed by atoms with Crippen LogP contribution >= 0.6 is 27.3 Å². The van der Waals surface area contributed by atoms with Gasteiger partial charge in [-0.2, -0.15) is 4.31 Å². The third-order valence-corrected chi connectivity index (χ3v) is 9.08. The molecule has 0 saturated heterocycles. The van der Waals surface area contributed by atoms with Gasteiger partial charge in [0.1, 0.15) is 4.21 Å². The SMILES string of the molecule is O=C(COC(=O)C[C@@H]1c2ccccc2CCN1S(=O)(=O)c1cccs1)Nc1ccc(Br)cc1. The zero-order valence-corrected chi connectivity index (χ0v) is 20.7. The molecule has 0 unspecified atom stereocenters. The molecule has 0 bridgehead atoms. The van der Waals surface area contributed by atoms with Crippen LogP contribution in [0.2, 0.25) is 0 Å². The van der Waals surface area contributed by atoms with Gasteiger partial charge in [0.2, 0.25) is 0 Å². The van der Waals surface area contributed by atoms with Crippen molar-refractivity contribution in [2.24, 2.45) is 0 Å². The van der Waals surface area contributed by atoms with E-state index in [-0.39, 0.29) is 17.2 Å². The molecule has 1 aromatic heterocycles. The van der Waals surface area contributed by atoms with E-state index < -0.39 is 34.5 Å². The van der Waals surface area contributed by atoms with E-state index in [0.29, 0.717) is 12.1 Å². The van der Waals surface area contributed by atoms with Gasteiger partial charge in [-0.3, -0.25) is 9.59 Å². The fourth-order valence-electron chi connectivity index (χ4n) is 3.75. The number of thiophene rings is 1. The molecule has 0 radical (unpaired) electrons. The molecule has 0 saturated carbocycles. The zero-order valence-electron chi connectivity index (χ0n) is 17.4. The molecule has 1 aliphatic rings. The average molecular weight is 549 g/mol. The number of amides is 1. The molecular formula is C23H21BrN2O5S2. The summed E-state index contributed by atoms with van der Waals surface area (Å²) in [4.78, 5) is 24.8. The Labute approximate surface area is 204 Å². The van der Waals surface area contributed by atoms with E-state index in [1.54, 1.807) is 41.8 Å². The number of hydrogen-bond donors (Lipinski definition) is 1. The Bertz CT molecular complexity index is 1240. The highest BCUT2D eigenvalue weighted by Gasteiger charge is 2.38. The molecule has 4 rings (SSSR count). The van der Waals surface area contributed by atoms with E-state index in [0.717, 1.165) is 26.9 Å². The summed E-state index contributed by atoms with van der Waals surface area (Å²) in [5, 5.41) is 4.36. The average Bonchev–Trinajstić information content (AvgIpc) is 3.35. The first kappa shape index (κ1) is 23.6.